The highest BCUT2D eigenvalue weighted by atomic mass is 19.1. The van der Waals surface area contributed by atoms with Gasteiger partial charge in [0, 0.05) is 13.6 Å². The number of nitrogens with zero attached hydrogens (tertiary/aromatic N) is 1. The summed E-state index contributed by atoms with van der Waals surface area (Å²) in [6.07, 6.45) is 0. The third-order valence-corrected chi connectivity index (χ3v) is 2.15. The van der Waals surface area contributed by atoms with Crippen LogP contribution in [0.5, 0.6) is 0 Å². The maximum atomic E-state index is 13.1. The molecular formula is C10H14FNO. The van der Waals surface area contributed by atoms with Crippen molar-refractivity contribution >= 4 is 0 Å². The summed E-state index contributed by atoms with van der Waals surface area (Å²) in [5.74, 6) is -0.220. The summed E-state index contributed by atoms with van der Waals surface area (Å²) in [7, 11) is 1.55. The van der Waals surface area contributed by atoms with Gasteiger partial charge in [0.15, 0.2) is 0 Å². The first-order chi connectivity index (χ1) is 6.02. The summed E-state index contributed by atoms with van der Waals surface area (Å²) >= 11 is 0. The zero-order chi connectivity index (χ0) is 10.0. The summed E-state index contributed by atoms with van der Waals surface area (Å²) in [6.45, 7) is 3.99. The zero-order valence-electron chi connectivity index (χ0n) is 8.13. The molecule has 3 heteroatoms. The van der Waals surface area contributed by atoms with E-state index in [1.165, 1.54) is 6.07 Å². The van der Waals surface area contributed by atoms with Crippen molar-refractivity contribution in [3.8, 4) is 0 Å². The fraction of sp³-hybridized carbons (Fsp3) is 0.400. The quantitative estimate of drug-likeness (QED) is 0.711. The van der Waals surface area contributed by atoms with Crippen LogP contribution in [0.25, 0.3) is 0 Å². The second-order valence-electron chi connectivity index (χ2n) is 3.28. The van der Waals surface area contributed by atoms with E-state index in [9.17, 15) is 4.39 Å². The van der Waals surface area contributed by atoms with E-state index in [1.54, 1.807) is 20.0 Å². The van der Waals surface area contributed by atoms with Crippen molar-refractivity contribution in [2.75, 3.05) is 7.05 Å². The number of benzene rings is 1. The van der Waals surface area contributed by atoms with E-state index in [4.69, 9.17) is 5.21 Å². The molecule has 0 aliphatic heterocycles. The summed E-state index contributed by atoms with van der Waals surface area (Å²) in [5.41, 5.74) is 2.46. The van der Waals surface area contributed by atoms with Crippen LogP contribution in [0.3, 0.4) is 0 Å². The highest BCUT2D eigenvalue weighted by molar-refractivity contribution is 5.34. The Balaban J connectivity index is 3.10. The van der Waals surface area contributed by atoms with Crippen LogP contribution in [-0.2, 0) is 6.54 Å². The number of hydrogen-bond donors (Lipinski definition) is 1. The van der Waals surface area contributed by atoms with E-state index >= 15 is 0 Å². The van der Waals surface area contributed by atoms with Crippen molar-refractivity contribution in [2.45, 2.75) is 20.4 Å². The molecule has 13 heavy (non-hydrogen) atoms. The van der Waals surface area contributed by atoms with Gasteiger partial charge in [-0.25, -0.2) is 4.39 Å². The Morgan fingerprint density at radius 1 is 1.38 bits per heavy atom. The van der Waals surface area contributed by atoms with E-state index in [1.807, 2.05) is 6.92 Å². The van der Waals surface area contributed by atoms with Gasteiger partial charge in [-0.05, 0) is 36.6 Å². The summed E-state index contributed by atoms with van der Waals surface area (Å²) in [6, 6.07) is 3.17. The Morgan fingerprint density at radius 3 is 2.54 bits per heavy atom. The second-order valence-corrected chi connectivity index (χ2v) is 3.28. The summed E-state index contributed by atoms with van der Waals surface area (Å²) in [4.78, 5) is 0. The first-order valence-corrected chi connectivity index (χ1v) is 4.17. The van der Waals surface area contributed by atoms with Crippen LogP contribution in [0.15, 0.2) is 12.1 Å². The molecule has 0 heterocycles. The lowest BCUT2D eigenvalue weighted by atomic mass is 10.0. The lowest BCUT2D eigenvalue weighted by molar-refractivity contribution is -0.0734. The van der Waals surface area contributed by atoms with Gasteiger partial charge in [0.1, 0.15) is 5.82 Å². The predicted octanol–water partition coefficient (Wildman–Crippen LogP) is 2.26. The fourth-order valence-corrected chi connectivity index (χ4v) is 1.34. The first kappa shape index (κ1) is 10.2. The molecule has 0 aliphatic carbocycles. The molecule has 1 rings (SSSR count). The average Bonchev–Trinajstić information content (AvgIpc) is 2.05. The normalized spacial score (nSPS) is 10.9. The predicted molar refractivity (Wildman–Crippen MR) is 49.1 cm³/mol. The molecule has 0 aliphatic rings. The van der Waals surface area contributed by atoms with Gasteiger partial charge in [-0.1, -0.05) is 6.07 Å². The average molecular weight is 183 g/mol. The monoisotopic (exact) mass is 183 g/mol. The molecular weight excluding hydrogens is 169 g/mol. The van der Waals surface area contributed by atoms with Crippen LogP contribution < -0.4 is 0 Å². The van der Waals surface area contributed by atoms with Gasteiger partial charge in [0.25, 0.3) is 0 Å². The summed E-state index contributed by atoms with van der Waals surface area (Å²) in [5, 5.41) is 10.1. The van der Waals surface area contributed by atoms with Crippen molar-refractivity contribution in [2.24, 2.45) is 0 Å². The van der Waals surface area contributed by atoms with Gasteiger partial charge in [0.05, 0.1) is 0 Å². The minimum Gasteiger partial charge on any atom is -0.314 e. The molecule has 0 radical (unpaired) electrons. The first-order valence-electron chi connectivity index (χ1n) is 4.17. The molecule has 0 fully saturated rings. The van der Waals surface area contributed by atoms with Crippen LogP contribution in [0, 0.1) is 19.7 Å². The van der Waals surface area contributed by atoms with Crippen LogP contribution in [0.4, 0.5) is 4.39 Å². The molecule has 0 aromatic heterocycles. The number of halogens is 1. The Morgan fingerprint density at radius 2 is 2.00 bits per heavy atom. The molecule has 0 spiro atoms. The highest BCUT2D eigenvalue weighted by Crippen LogP contribution is 2.17. The van der Waals surface area contributed by atoms with Crippen molar-refractivity contribution in [3.63, 3.8) is 0 Å². The number of hydroxylamine groups is 2. The van der Waals surface area contributed by atoms with E-state index in [0.717, 1.165) is 16.2 Å². The highest BCUT2D eigenvalue weighted by Gasteiger charge is 2.08. The lowest BCUT2D eigenvalue weighted by Crippen LogP contribution is -2.14. The van der Waals surface area contributed by atoms with Crippen LogP contribution >= 0.6 is 0 Å². The molecule has 1 aromatic rings. The molecule has 0 saturated carbocycles. The minimum atomic E-state index is -0.220. The molecule has 0 saturated heterocycles. The molecule has 0 bridgehead atoms. The van der Waals surface area contributed by atoms with Crippen molar-refractivity contribution < 1.29 is 9.60 Å². The Labute approximate surface area is 77.6 Å². The number of aryl methyl sites for hydroxylation is 1. The maximum absolute atomic E-state index is 13.1. The van der Waals surface area contributed by atoms with Gasteiger partial charge in [0.2, 0.25) is 0 Å². The SMILES string of the molecule is Cc1ccc(F)c(C)c1CN(C)O. The van der Waals surface area contributed by atoms with E-state index < -0.39 is 0 Å². The largest absolute Gasteiger partial charge is 0.314 e. The molecule has 72 valence electrons. The van der Waals surface area contributed by atoms with Crippen molar-refractivity contribution in [1.29, 1.82) is 0 Å². The lowest BCUT2D eigenvalue weighted by Gasteiger charge is -2.13. The molecule has 1 N–H and O–H groups in total. The van der Waals surface area contributed by atoms with Crippen molar-refractivity contribution in [1.82, 2.24) is 5.06 Å². The maximum Gasteiger partial charge on any atom is 0.126 e. The zero-order valence-corrected chi connectivity index (χ0v) is 8.13. The summed E-state index contributed by atoms with van der Waals surface area (Å²) < 4.78 is 13.1. The molecule has 0 amide bonds. The standard InChI is InChI=1S/C10H14FNO/c1-7-4-5-10(11)8(2)9(7)6-12(3)13/h4-5,13H,6H2,1-3H3. The molecule has 1 aromatic carbocycles. The molecule has 0 unspecified atom stereocenters. The number of hydrogen-bond acceptors (Lipinski definition) is 2. The third kappa shape index (κ3) is 2.26. The van der Waals surface area contributed by atoms with Crippen LogP contribution in [-0.4, -0.2) is 17.3 Å². The Kier molecular flexibility index (Phi) is 3.01. The van der Waals surface area contributed by atoms with E-state index in [-0.39, 0.29) is 5.82 Å². The van der Waals surface area contributed by atoms with Crippen LogP contribution in [0.2, 0.25) is 0 Å². The smallest absolute Gasteiger partial charge is 0.126 e. The van der Waals surface area contributed by atoms with Gasteiger partial charge in [-0.3, -0.25) is 0 Å². The molecule has 0 atom stereocenters. The van der Waals surface area contributed by atoms with Gasteiger partial charge < -0.3 is 5.21 Å². The topological polar surface area (TPSA) is 23.5 Å². The second kappa shape index (κ2) is 3.85. The van der Waals surface area contributed by atoms with Crippen LogP contribution in [0.1, 0.15) is 16.7 Å². The van der Waals surface area contributed by atoms with E-state index in [2.05, 4.69) is 0 Å². The fourth-order valence-electron chi connectivity index (χ4n) is 1.34. The van der Waals surface area contributed by atoms with Gasteiger partial charge in [-0.15, -0.1) is 0 Å². The Bertz CT molecular complexity index is 310. The van der Waals surface area contributed by atoms with Gasteiger partial charge in [-0.2, -0.15) is 5.06 Å². The third-order valence-electron chi connectivity index (χ3n) is 2.15. The molecule has 2 nitrogen and oxygen atoms in total. The Hall–Kier alpha value is -0.930. The van der Waals surface area contributed by atoms with E-state index in [0.29, 0.717) is 12.1 Å². The number of rotatable bonds is 2. The minimum absolute atomic E-state index is 0.220. The van der Waals surface area contributed by atoms with Crippen molar-refractivity contribution in [3.05, 3.63) is 34.6 Å². The van der Waals surface area contributed by atoms with Gasteiger partial charge >= 0.3 is 0 Å².